The van der Waals surface area contributed by atoms with Crippen molar-refractivity contribution < 1.29 is 24.3 Å². The second-order valence-corrected chi connectivity index (χ2v) is 7.31. The maximum atomic E-state index is 13.4. The Morgan fingerprint density at radius 1 is 0.533 bits per heavy atom. The zero-order valence-corrected chi connectivity index (χ0v) is 15.9. The van der Waals surface area contributed by atoms with Crippen molar-refractivity contribution in [3.63, 3.8) is 0 Å². The van der Waals surface area contributed by atoms with Gasteiger partial charge >= 0.3 is 0 Å². The number of fused-ring (bicyclic) bond motifs is 3. The first-order valence-electron chi connectivity index (χ1n) is 9.36. The van der Waals surface area contributed by atoms with Crippen molar-refractivity contribution >= 4 is 34.5 Å². The standard InChI is InChI=1S/C25H14O5/c1-12-10-11-17-19(22(27)14-7-3-2-6-13(14)21(17)26)18(12)20-23(28)15-8-4-5-9-16(15)24(29)25(20)30/h2-11,28H,1H3. The molecule has 5 heteroatoms. The van der Waals surface area contributed by atoms with Crippen LogP contribution in [0.5, 0.6) is 0 Å². The van der Waals surface area contributed by atoms with Crippen LogP contribution in [0.2, 0.25) is 0 Å². The van der Waals surface area contributed by atoms with Crippen LogP contribution in [-0.4, -0.2) is 28.2 Å². The molecule has 0 saturated heterocycles. The summed E-state index contributed by atoms with van der Waals surface area (Å²) >= 11 is 0. The molecule has 0 aromatic heterocycles. The second kappa shape index (κ2) is 6.19. The third-order valence-electron chi connectivity index (χ3n) is 5.65. The summed E-state index contributed by atoms with van der Waals surface area (Å²) < 4.78 is 0. The molecule has 0 amide bonds. The van der Waals surface area contributed by atoms with Crippen LogP contribution >= 0.6 is 0 Å². The third-order valence-corrected chi connectivity index (χ3v) is 5.65. The molecule has 3 aromatic carbocycles. The molecular formula is C25H14O5. The van der Waals surface area contributed by atoms with Gasteiger partial charge in [-0.15, -0.1) is 0 Å². The molecule has 0 spiro atoms. The number of hydrogen-bond donors (Lipinski definition) is 1. The number of hydrogen-bond acceptors (Lipinski definition) is 5. The zero-order valence-electron chi connectivity index (χ0n) is 15.9. The highest BCUT2D eigenvalue weighted by Crippen LogP contribution is 2.40. The Kier molecular flexibility index (Phi) is 3.70. The van der Waals surface area contributed by atoms with E-state index in [9.17, 15) is 24.3 Å². The van der Waals surface area contributed by atoms with Gasteiger partial charge < -0.3 is 5.11 Å². The number of rotatable bonds is 1. The van der Waals surface area contributed by atoms with Crippen molar-refractivity contribution in [2.24, 2.45) is 0 Å². The van der Waals surface area contributed by atoms with Crippen LogP contribution in [0.25, 0.3) is 11.3 Å². The number of ketones is 4. The average molecular weight is 394 g/mol. The van der Waals surface area contributed by atoms with E-state index >= 15 is 0 Å². The van der Waals surface area contributed by atoms with Crippen LogP contribution in [0, 0.1) is 6.92 Å². The Hall–Kier alpha value is -4.12. The highest BCUT2D eigenvalue weighted by Gasteiger charge is 2.39. The summed E-state index contributed by atoms with van der Waals surface area (Å²) in [7, 11) is 0. The number of aliphatic hydroxyl groups is 1. The minimum Gasteiger partial charge on any atom is -0.506 e. The largest absolute Gasteiger partial charge is 0.506 e. The van der Waals surface area contributed by atoms with E-state index in [1.54, 1.807) is 61.5 Å². The van der Waals surface area contributed by atoms with Gasteiger partial charge in [0.15, 0.2) is 11.6 Å². The highest BCUT2D eigenvalue weighted by molar-refractivity contribution is 6.62. The Bertz CT molecular complexity index is 1370. The molecule has 3 aromatic rings. The lowest BCUT2D eigenvalue weighted by Gasteiger charge is -2.25. The molecule has 0 heterocycles. The van der Waals surface area contributed by atoms with E-state index in [1.807, 2.05) is 0 Å². The fourth-order valence-corrected chi connectivity index (χ4v) is 4.21. The van der Waals surface area contributed by atoms with Gasteiger partial charge in [-0.25, -0.2) is 0 Å². The van der Waals surface area contributed by atoms with E-state index in [1.165, 1.54) is 6.07 Å². The zero-order chi connectivity index (χ0) is 21.2. The Morgan fingerprint density at radius 2 is 1.07 bits per heavy atom. The molecule has 5 rings (SSSR count). The topological polar surface area (TPSA) is 88.5 Å². The van der Waals surface area contributed by atoms with Crippen LogP contribution in [-0.2, 0) is 4.79 Å². The van der Waals surface area contributed by atoms with Gasteiger partial charge in [0.05, 0.1) is 5.57 Å². The summed E-state index contributed by atoms with van der Waals surface area (Å²) in [5.74, 6) is -2.78. The van der Waals surface area contributed by atoms with Gasteiger partial charge in [-0.3, -0.25) is 19.2 Å². The first kappa shape index (κ1) is 17.9. The van der Waals surface area contributed by atoms with Gasteiger partial charge in [0.1, 0.15) is 5.76 Å². The van der Waals surface area contributed by atoms with E-state index in [2.05, 4.69) is 0 Å². The molecule has 2 aliphatic rings. The molecule has 1 N–H and O–H groups in total. The van der Waals surface area contributed by atoms with E-state index in [0.29, 0.717) is 11.1 Å². The SMILES string of the molecule is Cc1ccc2c(c1C1=C(O)c3ccccc3C(=O)C1=O)C(=O)c1ccccc1C2=O. The molecule has 0 fully saturated rings. The maximum absolute atomic E-state index is 13.4. The molecular weight excluding hydrogens is 380 g/mol. The van der Waals surface area contributed by atoms with E-state index in [-0.39, 0.29) is 50.5 Å². The smallest absolute Gasteiger partial charge is 0.237 e. The summed E-state index contributed by atoms with van der Waals surface area (Å²) in [6.45, 7) is 1.67. The molecule has 0 atom stereocenters. The quantitative estimate of drug-likeness (QED) is 0.494. The number of allylic oxidation sites excluding steroid dienone is 1. The third kappa shape index (κ3) is 2.23. The van der Waals surface area contributed by atoms with Crippen LogP contribution in [0.15, 0.2) is 60.7 Å². The number of aryl methyl sites for hydroxylation is 1. The Labute approximate surface area is 171 Å². The predicted molar refractivity (Wildman–Crippen MR) is 110 cm³/mol. The molecule has 0 unspecified atom stereocenters. The lowest BCUT2D eigenvalue weighted by atomic mass is 9.76. The summed E-state index contributed by atoms with van der Waals surface area (Å²) in [5.41, 5.74) is 1.45. The first-order chi connectivity index (χ1) is 14.4. The predicted octanol–water partition coefficient (Wildman–Crippen LogP) is 3.96. The molecule has 144 valence electrons. The average Bonchev–Trinajstić information content (AvgIpc) is 2.77. The minimum absolute atomic E-state index is 0.0424. The van der Waals surface area contributed by atoms with Gasteiger partial charge in [0, 0.05) is 38.9 Å². The van der Waals surface area contributed by atoms with Crippen molar-refractivity contribution in [2.75, 3.05) is 0 Å². The normalized spacial score (nSPS) is 15.1. The van der Waals surface area contributed by atoms with Crippen molar-refractivity contribution in [3.8, 4) is 0 Å². The molecule has 0 radical (unpaired) electrons. The first-order valence-corrected chi connectivity index (χ1v) is 9.36. The number of carbonyl (C=O) groups is 4. The summed E-state index contributed by atoms with van der Waals surface area (Å²) in [6, 6.07) is 15.9. The molecule has 2 aliphatic carbocycles. The summed E-state index contributed by atoms with van der Waals surface area (Å²) in [5, 5.41) is 10.9. The Morgan fingerprint density at radius 3 is 1.70 bits per heavy atom. The van der Waals surface area contributed by atoms with E-state index in [0.717, 1.165) is 0 Å². The Balaban J connectivity index is 1.87. The lowest BCUT2D eigenvalue weighted by Crippen LogP contribution is -2.27. The molecule has 0 saturated carbocycles. The number of aliphatic hydroxyl groups excluding tert-OH is 1. The molecule has 5 nitrogen and oxygen atoms in total. The van der Waals surface area contributed by atoms with Crippen molar-refractivity contribution in [2.45, 2.75) is 6.92 Å². The molecule has 0 bridgehead atoms. The fraction of sp³-hybridized carbons (Fsp3) is 0.0400. The van der Waals surface area contributed by atoms with E-state index < -0.39 is 17.3 Å². The van der Waals surface area contributed by atoms with Gasteiger partial charge in [-0.2, -0.15) is 0 Å². The van der Waals surface area contributed by atoms with Crippen LogP contribution in [0.4, 0.5) is 0 Å². The van der Waals surface area contributed by atoms with Crippen molar-refractivity contribution in [1.82, 2.24) is 0 Å². The van der Waals surface area contributed by atoms with Gasteiger partial charge in [-0.1, -0.05) is 54.6 Å². The summed E-state index contributed by atoms with van der Waals surface area (Å²) in [6.07, 6.45) is 0. The fourth-order valence-electron chi connectivity index (χ4n) is 4.21. The highest BCUT2D eigenvalue weighted by atomic mass is 16.3. The van der Waals surface area contributed by atoms with Crippen LogP contribution in [0.1, 0.15) is 58.9 Å². The summed E-state index contributed by atoms with van der Waals surface area (Å²) in [4.78, 5) is 52.1. The van der Waals surface area contributed by atoms with Crippen LogP contribution in [0.3, 0.4) is 0 Å². The molecule has 0 aliphatic heterocycles. The van der Waals surface area contributed by atoms with Gasteiger partial charge in [0.2, 0.25) is 11.6 Å². The lowest BCUT2D eigenvalue weighted by molar-refractivity contribution is -0.110. The molecule has 30 heavy (non-hydrogen) atoms. The van der Waals surface area contributed by atoms with E-state index in [4.69, 9.17) is 0 Å². The number of benzene rings is 3. The minimum atomic E-state index is -0.901. The monoisotopic (exact) mass is 394 g/mol. The van der Waals surface area contributed by atoms with Gasteiger partial charge in [-0.05, 0) is 18.6 Å². The number of Topliss-reactive ketones (excluding diaryl/α,β-unsaturated/α-hetero) is 2. The number of carbonyl (C=O) groups excluding carboxylic acids is 4. The van der Waals surface area contributed by atoms with Crippen molar-refractivity contribution in [3.05, 3.63) is 105 Å². The maximum Gasteiger partial charge on any atom is 0.237 e. The van der Waals surface area contributed by atoms with Crippen molar-refractivity contribution in [1.29, 1.82) is 0 Å². The second-order valence-electron chi connectivity index (χ2n) is 7.31. The van der Waals surface area contributed by atoms with Crippen LogP contribution < -0.4 is 0 Å². The van der Waals surface area contributed by atoms with Gasteiger partial charge in [0.25, 0.3) is 0 Å².